The summed E-state index contributed by atoms with van der Waals surface area (Å²) in [5, 5.41) is 25.0. The van der Waals surface area contributed by atoms with Crippen LogP contribution >= 0.6 is 0 Å². The molecule has 1 heterocycles. The molecule has 4 amide bonds. The monoisotopic (exact) mass is 455 g/mol. The van der Waals surface area contributed by atoms with Crippen LogP contribution in [0.4, 0.5) is 0 Å². The summed E-state index contributed by atoms with van der Waals surface area (Å²) in [6.07, 6.45) is 1.09. The van der Waals surface area contributed by atoms with E-state index >= 15 is 0 Å². The molecular formula is C17H25N7O8. The highest BCUT2D eigenvalue weighted by molar-refractivity contribution is 5.95. The van der Waals surface area contributed by atoms with E-state index in [1.807, 2.05) is 0 Å². The summed E-state index contributed by atoms with van der Waals surface area (Å²) in [5.74, 6) is -6.40. The molecule has 10 N–H and O–H groups in total. The summed E-state index contributed by atoms with van der Waals surface area (Å²) >= 11 is 0. The summed E-state index contributed by atoms with van der Waals surface area (Å²) < 4.78 is 0. The predicted octanol–water partition coefficient (Wildman–Crippen LogP) is -3.81. The fraction of sp³-hybridized carbons (Fsp3) is 0.471. The first-order valence-corrected chi connectivity index (χ1v) is 9.33. The lowest BCUT2D eigenvalue weighted by Gasteiger charge is -2.23. The number of nitrogens with two attached hydrogens (primary N) is 2. The molecule has 176 valence electrons. The number of H-pyrrole nitrogens is 1. The molecule has 1 rings (SSSR count). The minimum absolute atomic E-state index is 0.178. The van der Waals surface area contributed by atoms with Crippen molar-refractivity contribution in [1.82, 2.24) is 25.9 Å². The lowest BCUT2D eigenvalue weighted by atomic mass is 10.1. The van der Waals surface area contributed by atoms with Gasteiger partial charge in [-0.25, -0.2) is 9.78 Å². The van der Waals surface area contributed by atoms with E-state index in [9.17, 15) is 33.9 Å². The van der Waals surface area contributed by atoms with Gasteiger partial charge in [-0.2, -0.15) is 0 Å². The van der Waals surface area contributed by atoms with E-state index in [1.54, 1.807) is 0 Å². The molecule has 15 heteroatoms. The first-order valence-electron chi connectivity index (χ1n) is 9.33. The van der Waals surface area contributed by atoms with Crippen molar-refractivity contribution in [2.45, 2.75) is 43.8 Å². The average molecular weight is 455 g/mol. The summed E-state index contributed by atoms with van der Waals surface area (Å²) in [7, 11) is 0. The van der Waals surface area contributed by atoms with Gasteiger partial charge in [0.25, 0.3) is 0 Å². The van der Waals surface area contributed by atoms with E-state index < -0.39 is 66.7 Å². The number of hydrogen-bond acceptors (Lipinski definition) is 8. The normalized spacial score (nSPS) is 13.3. The van der Waals surface area contributed by atoms with E-state index in [-0.39, 0.29) is 19.3 Å². The minimum atomic E-state index is -1.67. The van der Waals surface area contributed by atoms with Gasteiger partial charge in [0.1, 0.15) is 18.1 Å². The lowest BCUT2D eigenvalue weighted by Crippen LogP contribution is -2.57. The SMILES string of the molecule is NCC(=O)NC(CCC(N)=O)C(=O)NC(CC(=O)O)C(=O)NC(Cc1cnc[nH]1)C(=O)O. The van der Waals surface area contributed by atoms with Crippen LogP contribution < -0.4 is 27.4 Å². The van der Waals surface area contributed by atoms with Gasteiger partial charge in [-0.3, -0.25) is 24.0 Å². The number of carbonyl (C=O) groups is 6. The lowest BCUT2D eigenvalue weighted by molar-refractivity contribution is -0.143. The molecule has 32 heavy (non-hydrogen) atoms. The topological polar surface area (TPSA) is 260 Å². The van der Waals surface area contributed by atoms with Gasteiger partial charge < -0.3 is 42.6 Å². The summed E-state index contributed by atoms with van der Waals surface area (Å²) in [4.78, 5) is 76.8. The third kappa shape index (κ3) is 9.21. The van der Waals surface area contributed by atoms with Gasteiger partial charge in [0.05, 0.1) is 19.3 Å². The summed E-state index contributed by atoms with van der Waals surface area (Å²) in [6, 6.07) is -4.45. The maximum absolute atomic E-state index is 12.6. The molecule has 0 bridgehead atoms. The third-order valence-corrected chi connectivity index (χ3v) is 4.12. The summed E-state index contributed by atoms with van der Waals surface area (Å²) in [5.41, 5.74) is 10.6. The van der Waals surface area contributed by atoms with Gasteiger partial charge in [-0.1, -0.05) is 0 Å². The second kappa shape index (κ2) is 12.6. The van der Waals surface area contributed by atoms with Crippen LogP contribution in [0.5, 0.6) is 0 Å². The number of amides is 4. The second-order valence-corrected chi connectivity index (χ2v) is 6.67. The van der Waals surface area contributed by atoms with Crippen LogP contribution in [0.15, 0.2) is 12.5 Å². The fourth-order valence-corrected chi connectivity index (χ4v) is 2.55. The maximum Gasteiger partial charge on any atom is 0.326 e. The van der Waals surface area contributed by atoms with Crippen molar-refractivity contribution in [1.29, 1.82) is 0 Å². The van der Waals surface area contributed by atoms with Crippen molar-refractivity contribution in [2.24, 2.45) is 11.5 Å². The van der Waals surface area contributed by atoms with Crippen LogP contribution in [0.2, 0.25) is 0 Å². The Labute approximate surface area is 181 Å². The van der Waals surface area contributed by atoms with E-state index in [4.69, 9.17) is 16.6 Å². The number of primary amides is 1. The van der Waals surface area contributed by atoms with Crippen molar-refractivity contribution in [2.75, 3.05) is 6.54 Å². The molecule has 0 radical (unpaired) electrons. The highest BCUT2D eigenvalue weighted by Gasteiger charge is 2.31. The van der Waals surface area contributed by atoms with Gasteiger partial charge in [0, 0.05) is 24.7 Å². The Morgan fingerprint density at radius 2 is 1.62 bits per heavy atom. The van der Waals surface area contributed by atoms with Crippen molar-refractivity contribution in [3.8, 4) is 0 Å². The molecule has 0 aliphatic heterocycles. The van der Waals surface area contributed by atoms with Crippen molar-refractivity contribution in [3.05, 3.63) is 18.2 Å². The van der Waals surface area contributed by atoms with Crippen molar-refractivity contribution < 1.29 is 39.0 Å². The molecule has 0 saturated carbocycles. The Balaban J connectivity index is 2.95. The van der Waals surface area contributed by atoms with E-state index in [0.717, 1.165) is 0 Å². The molecule has 1 aromatic heterocycles. The Hall–Kier alpha value is -4.01. The van der Waals surface area contributed by atoms with Gasteiger partial charge >= 0.3 is 11.9 Å². The number of imidazole rings is 1. The molecule has 15 nitrogen and oxygen atoms in total. The number of carboxylic acid groups (broad SMARTS) is 2. The Morgan fingerprint density at radius 3 is 2.12 bits per heavy atom. The number of carbonyl (C=O) groups excluding carboxylic acids is 4. The van der Waals surface area contributed by atoms with Gasteiger partial charge in [0.15, 0.2) is 0 Å². The van der Waals surface area contributed by atoms with Gasteiger partial charge in [-0.15, -0.1) is 0 Å². The van der Waals surface area contributed by atoms with E-state index in [2.05, 4.69) is 25.9 Å². The minimum Gasteiger partial charge on any atom is -0.481 e. The second-order valence-electron chi connectivity index (χ2n) is 6.67. The largest absolute Gasteiger partial charge is 0.481 e. The number of aliphatic carboxylic acids is 2. The Morgan fingerprint density at radius 1 is 1.00 bits per heavy atom. The van der Waals surface area contributed by atoms with Crippen molar-refractivity contribution >= 4 is 35.6 Å². The highest BCUT2D eigenvalue weighted by Crippen LogP contribution is 2.04. The molecule has 0 saturated heterocycles. The highest BCUT2D eigenvalue weighted by atomic mass is 16.4. The van der Waals surface area contributed by atoms with Gasteiger partial charge in [0.2, 0.25) is 23.6 Å². The van der Waals surface area contributed by atoms with E-state index in [0.29, 0.717) is 5.69 Å². The quantitative estimate of drug-likeness (QED) is 0.135. The number of nitrogens with one attached hydrogen (secondary N) is 4. The van der Waals surface area contributed by atoms with E-state index in [1.165, 1.54) is 12.5 Å². The van der Waals surface area contributed by atoms with Crippen LogP contribution in [0.3, 0.4) is 0 Å². The average Bonchev–Trinajstić information content (AvgIpc) is 3.22. The molecule has 0 aliphatic rings. The van der Waals surface area contributed by atoms with Crippen molar-refractivity contribution in [3.63, 3.8) is 0 Å². The summed E-state index contributed by atoms with van der Waals surface area (Å²) in [6.45, 7) is -0.465. The molecule has 0 spiro atoms. The van der Waals surface area contributed by atoms with Crippen LogP contribution in [-0.4, -0.2) is 80.4 Å². The number of aromatic amines is 1. The number of rotatable bonds is 14. The first-order chi connectivity index (χ1) is 15.0. The Kier molecular flexibility index (Phi) is 10.3. The molecular weight excluding hydrogens is 430 g/mol. The fourth-order valence-electron chi connectivity index (χ4n) is 2.55. The van der Waals surface area contributed by atoms with Crippen LogP contribution in [0.1, 0.15) is 25.0 Å². The molecule has 0 aromatic carbocycles. The molecule has 0 fully saturated rings. The van der Waals surface area contributed by atoms with Crippen LogP contribution in [-0.2, 0) is 35.2 Å². The predicted molar refractivity (Wildman–Crippen MR) is 105 cm³/mol. The number of aromatic nitrogens is 2. The van der Waals surface area contributed by atoms with Gasteiger partial charge in [-0.05, 0) is 6.42 Å². The van der Waals surface area contributed by atoms with Crippen LogP contribution in [0.25, 0.3) is 0 Å². The maximum atomic E-state index is 12.6. The molecule has 0 aliphatic carbocycles. The smallest absolute Gasteiger partial charge is 0.326 e. The number of hydrogen-bond donors (Lipinski definition) is 8. The van der Waals surface area contributed by atoms with Crippen LogP contribution in [0, 0.1) is 0 Å². The zero-order valence-corrected chi connectivity index (χ0v) is 16.9. The number of nitrogens with zero attached hydrogens (tertiary/aromatic N) is 1. The number of carboxylic acids is 2. The zero-order valence-electron chi connectivity index (χ0n) is 16.9. The standard InChI is InChI=1S/C17H25N7O8/c18-5-13(26)22-9(1-2-12(19)25)15(29)23-10(4-14(27)28)16(30)24-11(17(31)32)3-8-6-20-7-21-8/h6-7,9-11H,1-5,18H2,(H2,19,25)(H,20,21)(H,22,26)(H,23,29)(H,24,30)(H,27,28)(H,31,32). The third-order valence-electron chi connectivity index (χ3n) is 4.12. The molecule has 1 aromatic rings. The Bertz CT molecular complexity index is 842. The molecule has 3 atom stereocenters. The first kappa shape index (κ1) is 26.0. The zero-order chi connectivity index (χ0) is 24.3. The molecule has 3 unspecified atom stereocenters.